The van der Waals surface area contributed by atoms with Gasteiger partial charge >= 0.3 is 0 Å². The average molecular weight is 280 g/mol. The normalized spacial score (nSPS) is 48.5. The first-order valence-corrected chi connectivity index (χ1v) is 8.73. The van der Waals surface area contributed by atoms with Gasteiger partial charge in [-0.3, -0.25) is 0 Å². The van der Waals surface area contributed by atoms with Crippen molar-refractivity contribution >= 4 is 0 Å². The van der Waals surface area contributed by atoms with Crippen LogP contribution in [-0.2, 0) is 0 Å². The zero-order chi connectivity index (χ0) is 14.8. The van der Waals surface area contributed by atoms with E-state index in [9.17, 15) is 0 Å². The molecule has 2 bridgehead atoms. The van der Waals surface area contributed by atoms with E-state index < -0.39 is 0 Å². The maximum atomic E-state index is 4.57. The molecule has 5 unspecified atom stereocenters. The molecule has 4 aliphatic carbocycles. The van der Waals surface area contributed by atoms with E-state index in [2.05, 4.69) is 45.2 Å². The van der Waals surface area contributed by atoms with Gasteiger partial charge in [0.1, 0.15) is 0 Å². The van der Waals surface area contributed by atoms with Crippen LogP contribution >= 0.6 is 0 Å². The molecule has 6 atom stereocenters. The summed E-state index contributed by atoms with van der Waals surface area (Å²) in [5.41, 5.74) is 5.02. The zero-order valence-electron chi connectivity index (χ0n) is 13.6. The second kappa shape index (κ2) is 4.48. The van der Waals surface area contributed by atoms with Gasteiger partial charge < -0.3 is 0 Å². The Labute approximate surface area is 129 Å². The Kier molecular flexibility index (Phi) is 2.90. The minimum atomic E-state index is 0.367. The third-order valence-electron chi connectivity index (χ3n) is 7.25. The van der Waals surface area contributed by atoms with Crippen LogP contribution in [0, 0.1) is 35.0 Å². The van der Waals surface area contributed by atoms with Crippen molar-refractivity contribution < 1.29 is 0 Å². The van der Waals surface area contributed by atoms with Gasteiger partial charge in [0.2, 0.25) is 0 Å². The molecule has 4 aliphatic rings. The monoisotopic (exact) mass is 280 g/mol. The van der Waals surface area contributed by atoms with Crippen LogP contribution in [0.25, 0.3) is 0 Å². The largest absolute Gasteiger partial charge is 0.0996 e. The molecule has 0 spiro atoms. The van der Waals surface area contributed by atoms with E-state index in [0.29, 0.717) is 11.3 Å². The topological polar surface area (TPSA) is 0 Å². The molecule has 0 N–H and O–H groups in total. The minimum absolute atomic E-state index is 0.367. The highest BCUT2D eigenvalue weighted by Gasteiger charge is 2.56. The van der Waals surface area contributed by atoms with Gasteiger partial charge in [0, 0.05) is 0 Å². The molecule has 112 valence electrons. The molecule has 0 nitrogen and oxygen atoms in total. The Hall–Kier alpha value is -1.04. The van der Waals surface area contributed by atoms with E-state index in [1.807, 2.05) is 0 Å². The molecule has 0 aromatic rings. The smallest absolute Gasteiger partial charge is 0.00794 e. The van der Waals surface area contributed by atoms with Gasteiger partial charge in [-0.25, -0.2) is 0 Å². The number of hydrogen-bond donors (Lipinski definition) is 0. The summed E-state index contributed by atoms with van der Waals surface area (Å²) < 4.78 is 0. The van der Waals surface area contributed by atoms with Gasteiger partial charge in [-0.05, 0) is 72.7 Å². The lowest BCUT2D eigenvalue weighted by molar-refractivity contribution is 0.0100. The van der Waals surface area contributed by atoms with Gasteiger partial charge in [0.15, 0.2) is 0 Å². The van der Waals surface area contributed by atoms with E-state index in [0.717, 1.165) is 30.1 Å². The van der Waals surface area contributed by atoms with Crippen molar-refractivity contribution in [3.05, 3.63) is 48.1 Å². The maximum absolute atomic E-state index is 4.57. The van der Waals surface area contributed by atoms with Crippen molar-refractivity contribution in [3.8, 4) is 0 Å². The van der Waals surface area contributed by atoms with Crippen LogP contribution in [0.1, 0.15) is 46.0 Å². The first-order chi connectivity index (χ1) is 10.0. The summed E-state index contributed by atoms with van der Waals surface area (Å²) in [6.45, 7) is 14.0. The van der Waals surface area contributed by atoms with Crippen molar-refractivity contribution in [1.29, 1.82) is 0 Å². The van der Waals surface area contributed by atoms with Crippen molar-refractivity contribution in [2.45, 2.75) is 46.0 Å². The molecule has 3 saturated carbocycles. The van der Waals surface area contributed by atoms with Gasteiger partial charge in [-0.1, -0.05) is 56.4 Å². The number of hydrogen-bond acceptors (Lipinski definition) is 0. The summed E-state index contributed by atoms with van der Waals surface area (Å²) in [4.78, 5) is 0. The number of fused-ring (bicyclic) bond motifs is 4. The summed E-state index contributed by atoms with van der Waals surface area (Å²) >= 11 is 0. The van der Waals surface area contributed by atoms with Crippen molar-refractivity contribution in [1.82, 2.24) is 0 Å². The Morgan fingerprint density at radius 1 is 1.19 bits per heavy atom. The molecule has 0 saturated heterocycles. The van der Waals surface area contributed by atoms with Crippen molar-refractivity contribution in [2.24, 2.45) is 35.0 Å². The molecule has 0 aliphatic heterocycles. The summed E-state index contributed by atoms with van der Waals surface area (Å²) in [5.74, 6) is 3.86. The molecule has 4 rings (SSSR count). The van der Waals surface area contributed by atoms with E-state index in [1.54, 1.807) is 11.1 Å². The van der Waals surface area contributed by atoms with Crippen LogP contribution in [0.4, 0.5) is 0 Å². The van der Waals surface area contributed by atoms with E-state index in [4.69, 9.17) is 0 Å². The third-order valence-corrected chi connectivity index (χ3v) is 7.25. The maximum Gasteiger partial charge on any atom is -0.00794 e. The first-order valence-electron chi connectivity index (χ1n) is 8.73. The lowest BCUT2D eigenvalue weighted by Crippen LogP contribution is -2.48. The average Bonchev–Trinajstić information content (AvgIpc) is 3.04. The lowest BCUT2D eigenvalue weighted by atomic mass is 9.49. The van der Waals surface area contributed by atoms with Crippen LogP contribution in [-0.4, -0.2) is 0 Å². The summed E-state index contributed by atoms with van der Waals surface area (Å²) in [5, 5.41) is 0. The molecule has 0 heterocycles. The van der Waals surface area contributed by atoms with Gasteiger partial charge in [0.25, 0.3) is 0 Å². The van der Waals surface area contributed by atoms with Crippen molar-refractivity contribution in [3.63, 3.8) is 0 Å². The van der Waals surface area contributed by atoms with Gasteiger partial charge in [-0.2, -0.15) is 0 Å². The van der Waals surface area contributed by atoms with Crippen LogP contribution in [0.15, 0.2) is 48.1 Å². The SMILES string of the molecule is C=C1CC2CC1C1C(C)[C@H](C3=CCC=C3)CC(=C)C1(C)C2. The summed E-state index contributed by atoms with van der Waals surface area (Å²) in [6.07, 6.45) is 13.5. The molecule has 0 aromatic carbocycles. The second-order valence-electron chi connectivity index (χ2n) is 8.33. The highest BCUT2D eigenvalue weighted by atomic mass is 14.6. The van der Waals surface area contributed by atoms with E-state index in [-0.39, 0.29) is 0 Å². The highest BCUT2D eigenvalue weighted by molar-refractivity contribution is 5.35. The molecule has 0 amide bonds. The fourth-order valence-corrected chi connectivity index (χ4v) is 6.30. The molecule has 21 heavy (non-hydrogen) atoms. The standard InChI is InChI=1S/C21H28/c1-13-9-16-11-18(13)20-15(3)19(17-7-5-6-8-17)10-14(2)21(20,4)12-16/h5,7-8,15-16,18-20H,1-2,6,9-12H2,3-4H3/t15?,16?,18?,19-,20?,21?/m1/s1. The first kappa shape index (κ1) is 13.6. The molecular weight excluding hydrogens is 252 g/mol. The number of allylic oxidation sites excluding steroid dienone is 6. The molecule has 0 heteroatoms. The van der Waals surface area contributed by atoms with Crippen LogP contribution in [0.5, 0.6) is 0 Å². The van der Waals surface area contributed by atoms with E-state index in [1.165, 1.54) is 31.3 Å². The Morgan fingerprint density at radius 3 is 2.71 bits per heavy atom. The lowest BCUT2D eigenvalue weighted by Gasteiger charge is -2.55. The van der Waals surface area contributed by atoms with Gasteiger partial charge in [-0.15, -0.1) is 0 Å². The predicted molar refractivity (Wildman–Crippen MR) is 89.8 cm³/mol. The van der Waals surface area contributed by atoms with E-state index >= 15 is 0 Å². The molecular formula is C21H28. The van der Waals surface area contributed by atoms with Crippen LogP contribution < -0.4 is 0 Å². The molecule has 3 fully saturated rings. The minimum Gasteiger partial charge on any atom is -0.0996 e. The third kappa shape index (κ3) is 1.81. The molecule has 0 radical (unpaired) electrons. The van der Waals surface area contributed by atoms with Crippen LogP contribution in [0.3, 0.4) is 0 Å². The fourth-order valence-electron chi connectivity index (χ4n) is 6.30. The Bertz CT molecular complexity index is 561. The van der Waals surface area contributed by atoms with Gasteiger partial charge in [0.05, 0.1) is 0 Å². The molecule has 0 aromatic heterocycles. The zero-order valence-corrected chi connectivity index (χ0v) is 13.6. The van der Waals surface area contributed by atoms with Crippen molar-refractivity contribution in [2.75, 3.05) is 0 Å². The summed E-state index contributed by atoms with van der Waals surface area (Å²) in [6, 6.07) is 0. The number of rotatable bonds is 1. The Morgan fingerprint density at radius 2 is 2.00 bits per heavy atom. The van der Waals surface area contributed by atoms with Crippen LogP contribution in [0.2, 0.25) is 0 Å². The predicted octanol–water partition coefficient (Wildman–Crippen LogP) is 5.69. The second-order valence-corrected chi connectivity index (χ2v) is 8.33. The quantitative estimate of drug-likeness (QED) is 0.541. The summed E-state index contributed by atoms with van der Waals surface area (Å²) in [7, 11) is 0. The fraction of sp³-hybridized carbons (Fsp3) is 0.619. The highest BCUT2D eigenvalue weighted by Crippen LogP contribution is 2.65. The Balaban J connectivity index is 1.74.